The molecule has 2 amide bonds. The van der Waals surface area contributed by atoms with E-state index in [0.29, 0.717) is 17.9 Å². The molecule has 3 aromatic carbocycles. The van der Waals surface area contributed by atoms with Gasteiger partial charge in [0, 0.05) is 11.6 Å². The van der Waals surface area contributed by atoms with Crippen molar-refractivity contribution < 1.29 is 23.0 Å². The molecule has 3 aromatic rings. The molecule has 186 valence electrons. The average Bonchev–Trinajstić information content (AvgIpc) is 3.30. The molecule has 1 atom stereocenters. The highest BCUT2D eigenvalue weighted by atomic mass is 19.3. The third kappa shape index (κ3) is 5.17. The number of carbonyl (C=O) groups is 1. The molecule has 1 N–H and O–H groups in total. The lowest BCUT2D eigenvalue weighted by Gasteiger charge is -2.32. The van der Waals surface area contributed by atoms with Gasteiger partial charge in [0.2, 0.25) is 0 Å². The van der Waals surface area contributed by atoms with E-state index in [9.17, 15) is 13.6 Å². The number of anilines is 1. The predicted molar refractivity (Wildman–Crippen MR) is 134 cm³/mol. The molecular formula is C28H27F2N3O3. The number of fused-ring (bicyclic) bond motifs is 1. The van der Waals surface area contributed by atoms with Crippen molar-refractivity contribution in [2.24, 2.45) is 5.10 Å². The number of nitrogens with zero attached hydrogens (tertiary/aromatic N) is 2. The summed E-state index contributed by atoms with van der Waals surface area (Å²) < 4.78 is 35.6. The summed E-state index contributed by atoms with van der Waals surface area (Å²) in [5, 5.41) is 9.00. The minimum atomic E-state index is -2.89. The Balaban J connectivity index is 1.37. The highest BCUT2D eigenvalue weighted by molar-refractivity contribution is 6.08. The largest absolute Gasteiger partial charge is 0.488 e. The van der Waals surface area contributed by atoms with Crippen LogP contribution in [-0.4, -0.2) is 35.5 Å². The number of halogens is 2. The Morgan fingerprint density at radius 2 is 1.86 bits per heavy atom. The molecule has 8 heteroatoms. The van der Waals surface area contributed by atoms with Gasteiger partial charge < -0.3 is 14.8 Å². The number of nitrogens with one attached hydrogen (secondary N) is 1. The van der Waals surface area contributed by atoms with E-state index in [4.69, 9.17) is 4.74 Å². The van der Waals surface area contributed by atoms with Gasteiger partial charge in [-0.05, 0) is 85.8 Å². The molecule has 0 spiro atoms. The van der Waals surface area contributed by atoms with Gasteiger partial charge in [-0.15, -0.1) is 0 Å². The van der Waals surface area contributed by atoms with E-state index in [1.807, 2.05) is 48.5 Å². The van der Waals surface area contributed by atoms with Gasteiger partial charge in [0.05, 0.1) is 12.3 Å². The molecule has 1 unspecified atom stereocenters. The number of urea groups is 1. The fourth-order valence-corrected chi connectivity index (χ4v) is 4.57. The summed E-state index contributed by atoms with van der Waals surface area (Å²) in [5.41, 5.74) is 3.96. The lowest BCUT2D eigenvalue weighted by atomic mass is 9.90. The summed E-state index contributed by atoms with van der Waals surface area (Å²) >= 11 is 0. The molecule has 2 heterocycles. The lowest BCUT2D eigenvalue weighted by molar-refractivity contribution is -0.0498. The molecule has 6 nitrogen and oxygen atoms in total. The van der Waals surface area contributed by atoms with Crippen molar-refractivity contribution in [3.8, 4) is 11.5 Å². The minimum Gasteiger partial charge on any atom is -0.488 e. The fourth-order valence-electron chi connectivity index (χ4n) is 4.57. The van der Waals surface area contributed by atoms with Crippen LogP contribution in [0.15, 0.2) is 77.9 Å². The van der Waals surface area contributed by atoms with Crippen molar-refractivity contribution in [1.29, 1.82) is 0 Å². The van der Waals surface area contributed by atoms with Crippen molar-refractivity contribution in [3.05, 3.63) is 89.5 Å². The maximum Gasteiger partial charge on any atom is 0.387 e. The average molecular weight is 492 g/mol. The molecule has 0 saturated carbocycles. The number of amides is 2. The van der Waals surface area contributed by atoms with Crippen LogP contribution in [0, 0.1) is 0 Å². The van der Waals surface area contributed by atoms with E-state index in [-0.39, 0.29) is 23.3 Å². The highest BCUT2D eigenvalue weighted by Gasteiger charge is 2.33. The number of rotatable bonds is 5. The van der Waals surface area contributed by atoms with Crippen molar-refractivity contribution in [2.75, 3.05) is 11.9 Å². The number of alkyl halides is 2. The van der Waals surface area contributed by atoms with E-state index < -0.39 is 6.61 Å². The number of aryl methyl sites for hydroxylation is 1. The van der Waals surface area contributed by atoms with Crippen LogP contribution in [0.4, 0.5) is 19.3 Å². The van der Waals surface area contributed by atoms with Crippen LogP contribution in [-0.2, 0) is 6.42 Å². The third-order valence-corrected chi connectivity index (χ3v) is 6.42. The summed E-state index contributed by atoms with van der Waals surface area (Å²) in [6, 6.07) is 21.4. The van der Waals surface area contributed by atoms with Gasteiger partial charge in [-0.2, -0.15) is 13.9 Å². The molecule has 2 aliphatic rings. The first-order valence-electron chi connectivity index (χ1n) is 11.9. The number of benzene rings is 3. The van der Waals surface area contributed by atoms with Crippen LogP contribution >= 0.6 is 0 Å². The fraction of sp³-hybridized carbons (Fsp3) is 0.286. The van der Waals surface area contributed by atoms with E-state index in [0.717, 1.165) is 35.3 Å². The Morgan fingerprint density at radius 1 is 1.11 bits per heavy atom. The quantitative estimate of drug-likeness (QED) is 0.448. The zero-order chi connectivity index (χ0) is 25.3. The molecular weight excluding hydrogens is 464 g/mol. The van der Waals surface area contributed by atoms with Gasteiger partial charge in [0.1, 0.15) is 17.1 Å². The van der Waals surface area contributed by atoms with Gasteiger partial charge in [0.25, 0.3) is 0 Å². The van der Waals surface area contributed by atoms with Crippen LogP contribution in [0.25, 0.3) is 0 Å². The Bertz CT molecular complexity index is 1280. The zero-order valence-corrected chi connectivity index (χ0v) is 20.1. The normalized spacial score (nSPS) is 18.3. The first-order chi connectivity index (χ1) is 17.3. The van der Waals surface area contributed by atoms with E-state index in [2.05, 4.69) is 29.0 Å². The van der Waals surface area contributed by atoms with Crippen LogP contribution in [0.2, 0.25) is 0 Å². The monoisotopic (exact) mass is 491 g/mol. The molecule has 0 fully saturated rings. The van der Waals surface area contributed by atoms with Gasteiger partial charge >= 0.3 is 12.6 Å². The predicted octanol–water partition coefficient (Wildman–Crippen LogP) is 6.43. The second kappa shape index (κ2) is 9.60. The standard InChI is InChI=1S/C28H27F2N3O3/c1-28(2)15-14-20-16-21(10-13-24(20)36-28)31-27(34)33-17-23(18-6-4-3-5-7-18)25(32-33)19-8-11-22(12-9-19)35-26(29)30/h3-13,16,23,26H,14-15,17H2,1-2H3,(H,31,34). The molecule has 0 aliphatic carbocycles. The Labute approximate surface area is 208 Å². The number of hydrazone groups is 1. The number of hydrogen-bond acceptors (Lipinski definition) is 4. The van der Waals surface area contributed by atoms with Crippen LogP contribution < -0.4 is 14.8 Å². The van der Waals surface area contributed by atoms with Crippen LogP contribution in [0.3, 0.4) is 0 Å². The molecule has 36 heavy (non-hydrogen) atoms. The summed E-state index contributed by atoms with van der Waals surface area (Å²) in [5.74, 6) is 0.741. The molecule has 0 saturated heterocycles. The van der Waals surface area contributed by atoms with E-state index >= 15 is 0 Å². The molecule has 0 radical (unpaired) electrons. The van der Waals surface area contributed by atoms with Gasteiger partial charge in [-0.1, -0.05) is 30.3 Å². The van der Waals surface area contributed by atoms with E-state index in [1.54, 1.807) is 12.1 Å². The minimum absolute atomic E-state index is 0.0676. The smallest absolute Gasteiger partial charge is 0.387 e. The summed E-state index contributed by atoms with van der Waals surface area (Å²) in [4.78, 5) is 13.2. The summed E-state index contributed by atoms with van der Waals surface area (Å²) in [6.45, 7) is 1.59. The first-order valence-corrected chi connectivity index (χ1v) is 11.9. The number of hydrogen-bond donors (Lipinski definition) is 1. The number of carbonyl (C=O) groups excluding carboxylic acids is 1. The van der Waals surface area contributed by atoms with Crippen molar-refractivity contribution in [1.82, 2.24) is 5.01 Å². The van der Waals surface area contributed by atoms with E-state index in [1.165, 1.54) is 17.1 Å². The molecule has 0 aromatic heterocycles. The van der Waals surface area contributed by atoms with Gasteiger partial charge in [0.15, 0.2) is 0 Å². The van der Waals surface area contributed by atoms with Crippen molar-refractivity contribution in [2.45, 2.75) is 44.8 Å². The second-order valence-corrected chi connectivity index (χ2v) is 9.55. The SMILES string of the molecule is CC1(C)CCc2cc(NC(=O)N3CC(c4ccccc4)C(c4ccc(OC(F)F)cc4)=N3)ccc2O1. The van der Waals surface area contributed by atoms with Crippen molar-refractivity contribution in [3.63, 3.8) is 0 Å². The second-order valence-electron chi connectivity index (χ2n) is 9.55. The molecule has 0 bridgehead atoms. The topological polar surface area (TPSA) is 63.2 Å². The maximum atomic E-state index is 13.2. The third-order valence-electron chi connectivity index (χ3n) is 6.42. The van der Waals surface area contributed by atoms with Gasteiger partial charge in [-0.25, -0.2) is 9.80 Å². The Hall–Kier alpha value is -3.94. The first kappa shape index (κ1) is 23.8. The molecule has 2 aliphatic heterocycles. The summed E-state index contributed by atoms with van der Waals surface area (Å²) in [7, 11) is 0. The summed E-state index contributed by atoms with van der Waals surface area (Å²) in [6.07, 6.45) is 1.77. The highest BCUT2D eigenvalue weighted by Crippen LogP contribution is 2.35. The maximum absolute atomic E-state index is 13.2. The Kier molecular flexibility index (Phi) is 6.35. The van der Waals surface area contributed by atoms with Crippen LogP contribution in [0.5, 0.6) is 11.5 Å². The molecule has 5 rings (SSSR count). The van der Waals surface area contributed by atoms with Crippen LogP contribution in [0.1, 0.15) is 42.9 Å². The Morgan fingerprint density at radius 3 is 2.58 bits per heavy atom. The lowest BCUT2D eigenvalue weighted by Crippen LogP contribution is -2.33. The zero-order valence-electron chi connectivity index (χ0n) is 20.1. The van der Waals surface area contributed by atoms with Gasteiger partial charge in [-0.3, -0.25) is 0 Å². The van der Waals surface area contributed by atoms with Crippen molar-refractivity contribution >= 4 is 17.4 Å². The number of ether oxygens (including phenoxy) is 2.